The lowest BCUT2D eigenvalue weighted by molar-refractivity contribution is 0.102. The van der Waals surface area contributed by atoms with Crippen LogP contribution >= 0.6 is 11.8 Å². The molecule has 0 amide bonds. The van der Waals surface area contributed by atoms with E-state index in [0.29, 0.717) is 31.4 Å². The molecule has 0 N–H and O–H groups in total. The molecule has 0 bridgehead atoms. The maximum absolute atomic E-state index is 13.3. The Morgan fingerprint density at radius 1 is 1.12 bits per heavy atom. The lowest BCUT2D eigenvalue weighted by atomic mass is 10.2. The van der Waals surface area contributed by atoms with E-state index >= 15 is 0 Å². The first-order valence-corrected chi connectivity index (χ1v) is 12.6. The molecule has 1 aliphatic rings. The Labute approximate surface area is 204 Å². The molecule has 7 nitrogen and oxygen atoms in total. The van der Waals surface area contributed by atoms with Crippen LogP contribution in [-0.2, 0) is 17.8 Å². The number of aryl methyl sites for hydroxylation is 1. The van der Waals surface area contributed by atoms with Crippen LogP contribution in [0.15, 0.2) is 35.5 Å². The molecule has 182 valence electrons. The van der Waals surface area contributed by atoms with Gasteiger partial charge in [0.05, 0.1) is 19.0 Å². The fourth-order valence-electron chi connectivity index (χ4n) is 4.22. The van der Waals surface area contributed by atoms with Crippen molar-refractivity contribution in [3.63, 3.8) is 0 Å². The van der Waals surface area contributed by atoms with Gasteiger partial charge in [0.1, 0.15) is 5.82 Å². The van der Waals surface area contributed by atoms with E-state index in [0.717, 1.165) is 53.3 Å². The molecule has 4 rings (SSSR count). The van der Waals surface area contributed by atoms with Gasteiger partial charge in [-0.15, -0.1) is 10.2 Å². The number of nitrogens with zero attached hydrogens (tertiary/aromatic N) is 5. The molecular weight excluding hydrogens is 453 g/mol. The van der Waals surface area contributed by atoms with Crippen LogP contribution in [0.2, 0.25) is 0 Å². The second-order valence-corrected chi connectivity index (χ2v) is 10.0. The first-order valence-electron chi connectivity index (χ1n) is 11.7. The molecule has 0 saturated carbocycles. The SMILES string of the molecule is Cc1cc(C(=O)CSc2nnc(N3CCOCC3)n2CC(C)C)c(C)n1Cc1ccc(F)cc1. The molecule has 1 aliphatic heterocycles. The summed E-state index contributed by atoms with van der Waals surface area (Å²) in [5, 5.41) is 9.64. The summed E-state index contributed by atoms with van der Waals surface area (Å²) in [6.45, 7) is 12.6. The lowest BCUT2D eigenvalue weighted by Gasteiger charge is -2.28. The Morgan fingerprint density at radius 2 is 1.82 bits per heavy atom. The third-order valence-electron chi connectivity index (χ3n) is 6.00. The average molecular weight is 486 g/mol. The quantitative estimate of drug-likeness (QED) is 0.332. The van der Waals surface area contributed by atoms with E-state index in [1.165, 1.54) is 23.9 Å². The van der Waals surface area contributed by atoms with E-state index in [-0.39, 0.29) is 11.6 Å². The normalized spacial score (nSPS) is 14.2. The van der Waals surface area contributed by atoms with Crippen molar-refractivity contribution in [1.82, 2.24) is 19.3 Å². The van der Waals surface area contributed by atoms with Crippen molar-refractivity contribution in [2.75, 3.05) is 37.0 Å². The van der Waals surface area contributed by atoms with Crippen LogP contribution in [0, 0.1) is 25.6 Å². The van der Waals surface area contributed by atoms with Crippen LogP contribution in [0.25, 0.3) is 0 Å². The molecule has 0 unspecified atom stereocenters. The van der Waals surface area contributed by atoms with E-state index in [9.17, 15) is 9.18 Å². The van der Waals surface area contributed by atoms with Crippen LogP contribution in [0.5, 0.6) is 0 Å². The predicted molar refractivity (Wildman–Crippen MR) is 132 cm³/mol. The van der Waals surface area contributed by atoms with Gasteiger partial charge in [0.2, 0.25) is 5.95 Å². The minimum Gasteiger partial charge on any atom is -0.378 e. The zero-order valence-electron chi connectivity index (χ0n) is 20.3. The first kappa shape index (κ1) is 24.5. The number of ketones is 1. The maximum atomic E-state index is 13.3. The number of carbonyl (C=O) groups is 1. The minimum atomic E-state index is -0.250. The van der Waals surface area contributed by atoms with Gasteiger partial charge >= 0.3 is 0 Å². The Bertz CT molecular complexity index is 1130. The Hall–Kier alpha value is -2.65. The zero-order valence-corrected chi connectivity index (χ0v) is 21.1. The first-order chi connectivity index (χ1) is 16.3. The number of carbonyl (C=O) groups excluding carboxylic acids is 1. The number of hydrogen-bond donors (Lipinski definition) is 0. The number of morpholine rings is 1. The summed E-state index contributed by atoms with van der Waals surface area (Å²) in [6.07, 6.45) is 0. The van der Waals surface area contributed by atoms with E-state index in [1.807, 2.05) is 19.9 Å². The molecule has 1 fully saturated rings. The summed E-state index contributed by atoms with van der Waals surface area (Å²) in [7, 11) is 0. The molecule has 3 aromatic rings. The van der Waals surface area contributed by atoms with Crippen molar-refractivity contribution in [2.45, 2.75) is 45.9 Å². The monoisotopic (exact) mass is 485 g/mol. The molecule has 1 saturated heterocycles. The van der Waals surface area contributed by atoms with Crippen LogP contribution in [0.1, 0.15) is 41.2 Å². The van der Waals surface area contributed by atoms with Gasteiger partial charge in [0, 0.05) is 43.1 Å². The van der Waals surface area contributed by atoms with Crippen molar-refractivity contribution in [1.29, 1.82) is 0 Å². The topological polar surface area (TPSA) is 65.2 Å². The summed E-state index contributed by atoms with van der Waals surface area (Å²) < 4.78 is 23.0. The maximum Gasteiger partial charge on any atom is 0.228 e. The van der Waals surface area contributed by atoms with Gasteiger partial charge in [-0.1, -0.05) is 37.7 Å². The second kappa shape index (κ2) is 10.7. The van der Waals surface area contributed by atoms with Crippen molar-refractivity contribution >= 4 is 23.5 Å². The number of ether oxygens (including phenoxy) is 1. The fourth-order valence-corrected chi connectivity index (χ4v) is 5.04. The number of benzene rings is 1. The number of anilines is 1. The number of halogens is 1. The van der Waals surface area contributed by atoms with Crippen molar-refractivity contribution in [3.8, 4) is 0 Å². The Balaban J connectivity index is 1.48. The lowest BCUT2D eigenvalue weighted by Crippen LogP contribution is -2.38. The largest absolute Gasteiger partial charge is 0.378 e. The summed E-state index contributed by atoms with van der Waals surface area (Å²) >= 11 is 1.44. The van der Waals surface area contributed by atoms with Gasteiger partial charge < -0.3 is 14.2 Å². The number of aromatic nitrogens is 4. The predicted octanol–water partition coefficient (Wildman–Crippen LogP) is 4.35. The highest BCUT2D eigenvalue weighted by molar-refractivity contribution is 7.99. The van der Waals surface area contributed by atoms with Gasteiger partial charge in [0.15, 0.2) is 10.9 Å². The molecule has 3 heterocycles. The smallest absolute Gasteiger partial charge is 0.228 e. The van der Waals surface area contributed by atoms with E-state index in [1.54, 1.807) is 12.1 Å². The highest BCUT2D eigenvalue weighted by Crippen LogP contribution is 2.26. The Kier molecular flexibility index (Phi) is 7.73. The van der Waals surface area contributed by atoms with Crippen molar-refractivity contribution < 1.29 is 13.9 Å². The van der Waals surface area contributed by atoms with Gasteiger partial charge in [-0.3, -0.25) is 9.36 Å². The standard InChI is InChI=1S/C25H32FN5O2S/c1-17(2)14-31-24(29-9-11-33-12-10-29)27-28-25(31)34-16-23(32)22-13-18(3)30(19(22)4)15-20-5-7-21(26)8-6-20/h5-8,13,17H,9-12,14-16H2,1-4H3. The Morgan fingerprint density at radius 3 is 2.50 bits per heavy atom. The number of Topliss-reactive ketones (excluding diaryl/α,β-unsaturated/α-hetero) is 1. The molecular formula is C25H32FN5O2S. The molecule has 0 radical (unpaired) electrons. The number of thioether (sulfide) groups is 1. The molecule has 9 heteroatoms. The van der Waals surface area contributed by atoms with Crippen LogP contribution in [-0.4, -0.2) is 57.2 Å². The number of rotatable bonds is 9. The molecule has 0 spiro atoms. The number of hydrogen-bond acceptors (Lipinski definition) is 6. The van der Waals surface area contributed by atoms with E-state index in [2.05, 4.69) is 38.1 Å². The third-order valence-corrected chi connectivity index (χ3v) is 6.97. The fraction of sp³-hybridized carbons (Fsp3) is 0.480. The van der Waals surface area contributed by atoms with Gasteiger partial charge in [-0.25, -0.2) is 4.39 Å². The van der Waals surface area contributed by atoms with Gasteiger partial charge in [-0.2, -0.15) is 0 Å². The second-order valence-electron chi connectivity index (χ2n) is 9.10. The average Bonchev–Trinajstić information content (AvgIpc) is 3.34. The summed E-state index contributed by atoms with van der Waals surface area (Å²) in [6, 6.07) is 8.42. The molecule has 0 atom stereocenters. The highest BCUT2D eigenvalue weighted by atomic mass is 32.2. The molecule has 2 aromatic heterocycles. The third kappa shape index (κ3) is 5.52. The molecule has 0 aliphatic carbocycles. The van der Waals surface area contributed by atoms with Gasteiger partial charge in [0.25, 0.3) is 0 Å². The van der Waals surface area contributed by atoms with Crippen molar-refractivity contribution in [3.05, 3.63) is 58.7 Å². The van der Waals surface area contributed by atoms with Crippen LogP contribution in [0.4, 0.5) is 10.3 Å². The van der Waals surface area contributed by atoms with Crippen LogP contribution in [0.3, 0.4) is 0 Å². The van der Waals surface area contributed by atoms with Gasteiger partial charge in [-0.05, 0) is 43.5 Å². The van der Waals surface area contributed by atoms with Crippen molar-refractivity contribution in [2.24, 2.45) is 5.92 Å². The minimum absolute atomic E-state index is 0.0653. The molecule has 1 aromatic carbocycles. The molecule has 34 heavy (non-hydrogen) atoms. The van der Waals surface area contributed by atoms with E-state index in [4.69, 9.17) is 4.74 Å². The van der Waals surface area contributed by atoms with Crippen LogP contribution < -0.4 is 4.90 Å². The summed E-state index contributed by atoms with van der Waals surface area (Å²) in [4.78, 5) is 15.4. The zero-order chi connectivity index (χ0) is 24.2. The summed E-state index contributed by atoms with van der Waals surface area (Å²) in [5.41, 5.74) is 3.64. The summed E-state index contributed by atoms with van der Waals surface area (Å²) in [5.74, 6) is 1.39. The highest BCUT2D eigenvalue weighted by Gasteiger charge is 2.23. The van der Waals surface area contributed by atoms with E-state index < -0.39 is 0 Å².